The highest BCUT2D eigenvalue weighted by Crippen LogP contribution is 2.21. The summed E-state index contributed by atoms with van der Waals surface area (Å²) in [7, 11) is 0. The van der Waals surface area contributed by atoms with Gasteiger partial charge in [-0.1, -0.05) is 0 Å². The summed E-state index contributed by atoms with van der Waals surface area (Å²) in [6, 6.07) is 4.49. The van der Waals surface area contributed by atoms with Crippen LogP contribution in [0.1, 0.15) is 17.3 Å². The molecule has 0 spiro atoms. The second kappa shape index (κ2) is 5.31. The first-order valence-electron chi connectivity index (χ1n) is 5.47. The minimum absolute atomic E-state index is 0.122. The number of amides is 1. The topological polar surface area (TPSA) is 20.3 Å². The largest absolute Gasteiger partial charge is 0.334 e. The molecule has 1 aliphatic heterocycles. The van der Waals surface area contributed by atoms with Crippen LogP contribution in [0.5, 0.6) is 0 Å². The van der Waals surface area contributed by atoms with Gasteiger partial charge in [-0.05, 0) is 25.1 Å². The Morgan fingerprint density at radius 3 is 3.06 bits per heavy atom. The van der Waals surface area contributed by atoms with Crippen LogP contribution in [-0.4, -0.2) is 34.9 Å². The van der Waals surface area contributed by atoms with Crippen molar-refractivity contribution in [2.75, 3.05) is 18.1 Å². The van der Waals surface area contributed by atoms with Gasteiger partial charge in [-0.25, -0.2) is 4.39 Å². The van der Waals surface area contributed by atoms with E-state index in [0.717, 1.165) is 11.5 Å². The molecule has 1 aromatic rings. The van der Waals surface area contributed by atoms with Gasteiger partial charge in [0.05, 0.1) is 5.56 Å². The molecule has 2 nitrogen and oxygen atoms in total. The molecule has 1 unspecified atom stereocenters. The van der Waals surface area contributed by atoms with Crippen molar-refractivity contribution >= 4 is 30.3 Å². The van der Waals surface area contributed by atoms with E-state index in [1.807, 2.05) is 18.7 Å². The standard InChI is InChI=1S/C12H14FNOS2/c1-8-7-17-5-4-14(8)12(15)10-6-9(16)2-3-11(10)13/h2-3,6,8,16H,4-5,7H2,1H3. The Hall–Kier alpha value is -0.680. The Kier molecular flexibility index (Phi) is 3.99. The third-order valence-corrected chi connectivity index (χ3v) is 4.28. The fourth-order valence-corrected chi connectivity index (χ4v) is 3.08. The minimum atomic E-state index is -0.474. The lowest BCUT2D eigenvalue weighted by atomic mass is 10.1. The van der Waals surface area contributed by atoms with E-state index in [4.69, 9.17) is 0 Å². The zero-order valence-corrected chi connectivity index (χ0v) is 11.2. The first kappa shape index (κ1) is 12.8. The Morgan fingerprint density at radius 1 is 1.59 bits per heavy atom. The van der Waals surface area contributed by atoms with Crippen molar-refractivity contribution in [2.24, 2.45) is 0 Å². The van der Waals surface area contributed by atoms with Gasteiger partial charge in [0, 0.05) is 29.0 Å². The summed E-state index contributed by atoms with van der Waals surface area (Å²) in [6.45, 7) is 2.67. The lowest BCUT2D eigenvalue weighted by Crippen LogP contribution is -2.44. The smallest absolute Gasteiger partial charge is 0.257 e. The van der Waals surface area contributed by atoms with Gasteiger partial charge in [0.2, 0.25) is 0 Å². The van der Waals surface area contributed by atoms with Gasteiger partial charge >= 0.3 is 0 Å². The summed E-state index contributed by atoms with van der Waals surface area (Å²) < 4.78 is 13.6. The molecule has 1 aromatic carbocycles. The Labute approximate surface area is 110 Å². The van der Waals surface area contributed by atoms with E-state index in [-0.39, 0.29) is 17.5 Å². The average Bonchev–Trinajstić information content (AvgIpc) is 2.32. The number of thioether (sulfide) groups is 1. The highest BCUT2D eigenvalue weighted by atomic mass is 32.2. The van der Waals surface area contributed by atoms with E-state index in [1.165, 1.54) is 12.1 Å². The second-order valence-corrected chi connectivity index (χ2v) is 5.75. The molecule has 0 saturated carbocycles. The van der Waals surface area contributed by atoms with E-state index in [0.29, 0.717) is 11.4 Å². The predicted molar refractivity (Wildman–Crippen MR) is 71.5 cm³/mol. The second-order valence-electron chi connectivity index (χ2n) is 4.09. The van der Waals surface area contributed by atoms with Gasteiger partial charge < -0.3 is 4.90 Å². The number of halogens is 1. The fraction of sp³-hybridized carbons (Fsp3) is 0.417. The van der Waals surface area contributed by atoms with E-state index in [1.54, 1.807) is 11.0 Å². The van der Waals surface area contributed by atoms with Gasteiger partial charge in [0.1, 0.15) is 5.82 Å². The third-order valence-electron chi connectivity index (χ3n) is 2.81. The van der Waals surface area contributed by atoms with E-state index in [2.05, 4.69) is 12.6 Å². The molecule has 17 heavy (non-hydrogen) atoms. The van der Waals surface area contributed by atoms with Crippen molar-refractivity contribution in [2.45, 2.75) is 17.9 Å². The molecule has 1 aliphatic rings. The molecule has 0 aliphatic carbocycles. The zero-order valence-electron chi connectivity index (χ0n) is 9.52. The molecule has 2 rings (SSSR count). The highest BCUT2D eigenvalue weighted by Gasteiger charge is 2.26. The molecule has 1 saturated heterocycles. The monoisotopic (exact) mass is 271 g/mol. The van der Waals surface area contributed by atoms with Crippen molar-refractivity contribution in [1.29, 1.82) is 0 Å². The van der Waals surface area contributed by atoms with Crippen LogP contribution < -0.4 is 0 Å². The summed E-state index contributed by atoms with van der Waals surface area (Å²) in [5.74, 6) is 1.12. The number of carbonyl (C=O) groups excluding carboxylic acids is 1. The maximum Gasteiger partial charge on any atom is 0.257 e. The van der Waals surface area contributed by atoms with Crippen LogP contribution >= 0.6 is 24.4 Å². The Bertz CT molecular complexity index is 439. The van der Waals surface area contributed by atoms with Crippen LogP contribution in [0, 0.1) is 5.82 Å². The number of hydrogen-bond donors (Lipinski definition) is 1. The van der Waals surface area contributed by atoms with Crippen LogP contribution in [-0.2, 0) is 0 Å². The number of rotatable bonds is 1. The normalized spacial score (nSPS) is 20.4. The van der Waals surface area contributed by atoms with Gasteiger partial charge in [0.25, 0.3) is 5.91 Å². The molecule has 0 aromatic heterocycles. The van der Waals surface area contributed by atoms with Crippen molar-refractivity contribution in [3.63, 3.8) is 0 Å². The van der Waals surface area contributed by atoms with Crippen LogP contribution in [0.15, 0.2) is 23.1 Å². The van der Waals surface area contributed by atoms with Crippen molar-refractivity contribution < 1.29 is 9.18 Å². The molecule has 5 heteroatoms. The maximum atomic E-state index is 13.6. The lowest BCUT2D eigenvalue weighted by molar-refractivity contribution is 0.0711. The number of hydrogen-bond acceptors (Lipinski definition) is 3. The van der Waals surface area contributed by atoms with E-state index < -0.39 is 5.82 Å². The minimum Gasteiger partial charge on any atom is -0.334 e. The molecule has 92 valence electrons. The molecular formula is C12H14FNOS2. The zero-order chi connectivity index (χ0) is 12.4. The lowest BCUT2D eigenvalue weighted by Gasteiger charge is -2.33. The summed E-state index contributed by atoms with van der Waals surface area (Å²) in [6.07, 6.45) is 0. The Balaban J connectivity index is 2.26. The van der Waals surface area contributed by atoms with E-state index >= 15 is 0 Å². The molecule has 0 N–H and O–H groups in total. The number of thiol groups is 1. The molecule has 1 atom stereocenters. The van der Waals surface area contributed by atoms with Crippen LogP contribution in [0.25, 0.3) is 0 Å². The number of nitrogens with zero attached hydrogens (tertiary/aromatic N) is 1. The first-order chi connectivity index (χ1) is 8.09. The summed E-state index contributed by atoms with van der Waals surface area (Å²) >= 11 is 5.96. The predicted octanol–water partition coefficient (Wildman–Crippen LogP) is 2.69. The van der Waals surface area contributed by atoms with Gasteiger partial charge in [-0.3, -0.25) is 4.79 Å². The average molecular weight is 271 g/mol. The Morgan fingerprint density at radius 2 is 2.35 bits per heavy atom. The van der Waals surface area contributed by atoms with E-state index in [9.17, 15) is 9.18 Å². The quantitative estimate of drug-likeness (QED) is 0.793. The molecule has 1 fully saturated rings. The van der Waals surface area contributed by atoms with Gasteiger partial charge in [-0.2, -0.15) is 11.8 Å². The first-order valence-corrected chi connectivity index (χ1v) is 7.07. The van der Waals surface area contributed by atoms with Crippen molar-refractivity contribution in [3.05, 3.63) is 29.6 Å². The van der Waals surface area contributed by atoms with Crippen molar-refractivity contribution in [3.8, 4) is 0 Å². The summed E-state index contributed by atoms with van der Waals surface area (Å²) in [5.41, 5.74) is 0.122. The molecule has 1 heterocycles. The number of benzene rings is 1. The molecule has 0 radical (unpaired) electrons. The SMILES string of the molecule is CC1CSCCN1C(=O)c1cc(S)ccc1F. The highest BCUT2D eigenvalue weighted by molar-refractivity contribution is 7.99. The van der Waals surface area contributed by atoms with Crippen LogP contribution in [0.4, 0.5) is 4.39 Å². The summed E-state index contributed by atoms with van der Waals surface area (Å²) in [4.78, 5) is 14.6. The van der Waals surface area contributed by atoms with Gasteiger partial charge in [0.15, 0.2) is 0 Å². The van der Waals surface area contributed by atoms with Crippen LogP contribution in [0.2, 0.25) is 0 Å². The number of carbonyl (C=O) groups is 1. The fourth-order valence-electron chi connectivity index (χ4n) is 1.86. The molecular weight excluding hydrogens is 257 g/mol. The third kappa shape index (κ3) is 2.77. The van der Waals surface area contributed by atoms with Gasteiger partial charge in [-0.15, -0.1) is 12.6 Å². The molecule has 0 bridgehead atoms. The molecule has 1 amide bonds. The van der Waals surface area contributed by atoms with Crippen molar-refractivity contribution in [1.82, 2.24) is 4.90 Å². The maximum absolute atomic E-state index is 13.6. The summed E-state index contributed by atoms with van der Waals surface area (Å²) in [5, 5.41) is 0. The van der Waals surface area contributed by atoms with Crippen LogP contribution in [0.3, 0.4) is 0 Å².